The van der Waals surface area contributed by atoms with Gasteiger partial charge in [-0.2, -0.15) is 0 Å². The normalized spacial score (nSPS) is 12.0. The molecule has 0 rings (SSSR count). The SMILES string of the molecule is CCCCCCCCCCCC[Si](Cl)(OCC)OCC. The largest absolute Gasteiger partial charge is 0.443 e. The van der Waals surface area contributed by atoms with Gasteiger partial charge in [0.15, 0.2) is 0 Å². The maximum atomic E-state index is 6.45. The molecular weight excluding hydrogens is 288 g/mol. The van der Waals surface area contributed by atoms with E-state index in [0.29, 0.717) is 13.2 Å². The van der Waals surface area contributed by atoms with Crippen LogP contribution in [0.4, 0.5) is 0 Å². The van der Waals surface area contributed by atoms with Crippen molar-refractivity contribution in [3.05, 3.63) is 0 Å². The number of halogens is 1. The van der Waals surface area contributed by atoms with Gasteiger partial charge >= 0.3 is 7.87 Å². The van der Waals surface area contributed by atoms with Gasteiger partial charge in [-0.25, -0.2) is 0 Å². The Morgan fingerprint density at radius 3 is 1.45 bits per heavy atom. The molecule has 0 aromatic carbocycles. The molecule has 0 aliphatic carbocycles. The van der Waals surface area contributed by atoms with E-state index >= 15 is 0 Å². The molecule has 0 aromatic rings. The van der Waals surface area contributed by atoms with Gasteiger partial charge in [0.25, 0.3) is 0 Å². The van der Waals surface area contributed by atoms with E-state index in [2.05, 4.69) is 6.92 Å². The van der Waals surface area contributed by atoms with Gasteiger partial charge < -0.3 is 8.85 Å². The van der Waals surface area contributed by atoms with Gasteiger partial charge in [0.05, 0.1) is 0 Å². The van der Waals surface area contributed by atoms with Gasteiger partial charge in [0.1, 0.15) is 0 Å². The molecule has 0 saturated heterocycles. The van der Waals surface area contributed by atoms with Gasteiger partial charge in [0.2, 0.25) is 0 Å². The maximum absolute atomic E-state index is 6.45. The second-order valence-electron chi connectivity index (χ2n) is 5.46. The Bertz CT molecular complexity index is 197. The average molecular weight is 323 g/mol. The lowest BCUT2D eigenvalue weighted by molar-refractivity contribution is 0.202. The molecule has 0 atom stereocenters. The Morgan fingerprint density at radius 2 is 1.05 bits per heavy atom. The van der Waals surface area contributed by atoms with Crippen LogP contribution in [0.15, 0.2) is 0 Å². The summed E-state index contributed by atoms with van der Waals surface area (Å²) < 4.78 is 11.3. The minimum absolute atomic E-state index is 0.660. The maximum Gasteiger partial charge on any atom is 0.443 e. The molecule has 0 spiro atoms. The van der Waals surface area contributed by atoms with Crippen molar-refractivity contribution in [2.75, 3.05) is 13.2 Å². The van der Waals surface area contributed by atoms with E-state index < -0.39 is 7.87 Å². The molecule has 0 bridgehead atoms. The molecule has 0 heterocycles. The first-order valence-corrected chi connectivity index (χ1v) is 11.7. The molecule has 0 saturated carbocycles. The van der Waals surface area contributed by atoms with Crippen LogP contribution in [0.1, 0.15) is 85.0 Å². The van der Waals surface area contributed by atoms with Crippen LogP contribution in [0, 0.1) is 0 Å². The molecule has 4 heteroatoms. The van der Waals surface area contributed by atoms with Crippen molar-refractivity contribution in [1.82, 2.24) is 0 Å². The fourth-order valence-electron chi connectivity index (χ4n) is 2.44. The monoisotopic (exact) mass is 322 g/mol. The van der Waals surface area contributed by atoms with E-state index in [1.807, 2.05) is 13.8 Å². The highest BCUT2D eigenvalue weighted by Crippen LogP contribution is 2.22. The third kappa shape index (κ3) is 12.2. The molecule has 2 nitrogen and oxygen atoms in total. The third-order valence-corrected chi connectivity index (χ3v) is 7.16. The summed E-state index contributed by atoms with van der Waals surface area (Å²) in [7, 11) is -2.37. The van der Waals surface area contributed by atoms with Crippen molar-refractivity contribution in [2.24, 2.45) is 0 Å². The average Bonchev–Trinajstić information content (AvgIpc) is 2.41. The molecule has 0 amide bonds. The number of hydrogen-bond donors (Lipinski definition) is 0. The topological polar surface area (TPSA) is 18.5 Å². The summed E-state index contributed by atoms with van der Waals surface area (Å²) in [5, 5.41) is 0. The summed E-state index contributed by atoms with van der Waals surface area (Å²) in [5.74, 6) is 0. The summed E-state index contributed by atoms with van der Waals surface area (Å²) in [4.78, 5) is 0. The fraction of sp³-hybridized carbons (Fsp3) is 1.00. The molecule has 0 aliphatic heterocycles. The Kier molecular flexibility index (Phi) is 14.7. The van der Waals surface area contributed by atoms with Crippen molar-refractivity contribution in [3.63, 3.8) is 0 Å². The second-order valence-corrected chi connectivity index (χ2v) is 9.58. The van der Waals surface area contributed by atoms with Gasteiger partial charge in [0, 0.05) is 19.3 Å². The van der Waals surface area contributed by atoms with E-state index in [-0.39, 0.29) is 0 Å². The van der Waals surface area contributed by atoms with Crippen LogP contribution in [-0.4, -0.2) is 21.1 Å². The lowest BCUT2D eigenvalue weighted by Gasteiger charge is -2.22. The number of unbranched alkanes of at least 4 members (excludes halogenated alkanes) is 9. The summed E-state index contributed by atoms with van der Waals surface area (Å²) in [6, 6.07) is 0.923. The molecule has 20 heavy (non-hydrogen) atoms. The number of rotatable bonds is 15. The van der Waals surface area contributed by atoms with E-state index in [1.54, 1.807) is 0 Å². The molecular formula is C16H35ClO2Si. The zero-order valence-electron chi connectivity index (χ0n) is 13.9. The van der Waals surface area contributed by atoms with E-state index in [4.69, 9.17) is 19.9 Å². The van der Waals surface area contributed by atoms with Crippen LogP contribution in [0.5, 0.6) is 0 Å². The lowest BCUT2D eigenvalue weighted by atomic mass is 10.1. The quantitative estimate of drug-likeness (QED) is 0.204. The van der Waals surface area contributed by atoms with Crippen LogP contribution in [0.25, 0.3) is 0 Å². The smallest absolute Gasteiger partial charge is 0.383 e. The van der Waals surface area contributed by atoms with Gasteiger partial charge in [-0.3, -0.25) is 0 Å². The van der Waals surface area contributed by atoms with Gasteiger partial charge in [-0.05, 0) is 13.8 Å². The Morgan fingerprint density at radius 1 is 0.650 bits per heavy atom. The summed E-state index contributed by atoms with van der Waals surface area (Å²) in [5.41, 5.74) is 0. The highest BCUT2D eigenvalue weighted by atomic mass is 35.6. The van der Waals surface area contributed by atoms with Gasteiger partial charge in [-0.1, -0.05) is 82.2 Å². The summed E-state index contributed by atoms with van der Waals surface area (Å²) >= 11 is 6.45. The van der Waals surface area contributed by atoms with Crippen molar-refractivity contribution in [1.29, 1.82) is 0 Å². The van der Waals surface area contributed by atoms with Crippen LogP contribution in [0.3, 0.4) is 0 Å². The highest BCUT2D eigenvalue weighted by molar-refractivity contribution is 7.12. The first-order valence-electron chi connectivity index (χ1n) is 8.65. The molecule has 0 radical (unpaired) electrons. The van der Waals surface area contributed by atoms with Crippen molar-refractivity contribution < 1.29 is 8.85 Å². The molecule has 122 valence electrons. The van der Waals surface area contributed by atoms with Crippen molar-refractivity contribution in [3.8, 4) is 0 Å². The van der Waals surface area contributed by atoms with Gasteiger partial charge in [-0.15, -0.1) is 0 Å². The van der Waals surface area contributed by atoms with E-state index in [1.165, 1.54) is 57.8 Å². The predicted octanol–water partition coefficient (Wildman–Crippen LogP) is 6.16. The first-order chi connectivity index (χ1) is 9.68. The third-order valence-electron chi connectivity index (χ3n) is 3.55. The molecule has 0 unspecified atom stereocenters. The van der Waals surface area contributed by atoms with Crippen LogP contribution >= 0.6 is 11.1 Å². The van der Waals surface area contributed by atoms with Crippen molar-refractivity contribution in [2.45, 2.75) is 91.0 Å². The number of hydrogen-bond acceptors (Lipinski definition) is 2. The van der Waals surface area contributed by atoms with E-state index in [9.17, 15) is 0 Å². The molecule has 0 aliphatic rings. The predicted molar refractivity (Wildman–Crippen MR) is 91.5 cm³/mol. The summed E-state index contributed by atoms with van der Waals surface area (Å²) in [6.07, 6.45) is 13.5. The molecule has 0 aromatic heterocycles. The minimum atomic E-state index is -2.37. The second kappa shape index (κ2) is 14.4. The minimum Gasteiger partial charge on any atom is -0.383 e. The zero-order chi connectivity index (χ0) is 15.1. The van der Waals surface area contributed by atoms with Crippen LogP contribution < -0.4 is 0 Å². The molecule has 0 N–H and O–H groups in total. The Labute approximate surface area is 132 Å². The highest BCUT2D eigenvalue weighted by Gasteiger charge is 2.34. The van der Waals surface area contributed by atoms with Crippen LogP contribution in [-0.2, 0) is 8.85 Å². The zero-order valence-corrected chi connectivity index (χ0v) is 15.6. The lowest BCUT2D eigenvalue weighted by Crippen LogP contribution is -2.36. The standard InChI is InChI=1S/C16H35ClO2Si/c1-4-7-8-9-10-11-12-13-14-15-16-20(17,18-5-2)19-6-3/h4-16H2,1-3H3. The summed E-state index contributed by atoms with van der Waals surface area (Å²) in [6.45, 7) is 7.56. The Balaban J connectivity index is 3.41. The van der Waals surface area contributed by atoms with Crippen molar-refractivity contribution >= 4 is 18.9 Å². The fourth-order valence-corrected chi connectivity index (χ4v) is 5.40. The molecule has 0 fully saturated rings. The Hall–Kier alpha value is 0.427. The van der Waals surface area contributed by atoms with Crippen LogP contribution in [0.2, 0.25) is 6.04 Å². The first kappa shape index (κ1) is 20.4. The van der Waals surface area contributed by atoms with E-state index in [0.717, 1.165) is 12.5 Å².